The van der Waals surface area contributed by atoms with Crippen molar-refractivity contribution in [2.75, 3.05) is 6.61 Å². The highest BCUT2D eigenvalue weighted by molar-refractivity contribution is 5.82. The number of ether oxygens (including phenoxy) is 2. The van der Waals surface area contributed by atoms with Crippen LogP contribution in [0, 0.1) is 6.92 Å². The van der Waals surface area contributed by atoms with Gasteiger partial charge in [0.1, 0.15) is 12.1 Å². The van der Waals surface area contributed by atoms with Crippen molar-refractivity contribution in [1.29, 1.82) is 0 Å². The minimum Gasteiger partial charge on any atom is -0.485 e. The molecule has 7 nitrogen and oxygen atoms in total. The molecule has 2 heterocycles. The number of carbonyl (C=O) groups is 1. The number of aromatic nitrogens is 2. The Labute approximate surface area is 145 Å². The molecular formula is C18H21N3O4. The molecule has 0 saturated heterocycles. The van der Waals surface area contributed by atoms with E-state index in [1.54, 1.807) is 13.0 Å². The Morgan fingerprint density at radius 1 is 1.20 bits per heavy atom. The minimum absolute atomic E-state index is 0.185. The van der Waals surface area contributed by atoms with Gasteiger partial charge in [0, 0.05) is 6.92 Å². The number of rotatable bonds is 3. The van der Waals surface area contributed by atoms with Crippen molar-refractivity contribution in [3.8, 4) is 11.5 Å². The molecule has 1 amide bonds. The molecule has 1 aliphatic heterocycles. The lowest BCUT2D eigenvalue weighted by Crippen LogP contribution is -2.54. The molecule has 1 unspecified atom stereocenters. The smallest absolute Gasteiger partial charge is 0.265 e. The second-order valence-corrected chi connectivity index (χ2v) is 6.63. The number of fused-ring (bicyclic) bond motifs is 1. The van der Waals surface area contributed by atoms with Crippen molar-refractivity contribution in [1.82, 2.24) is 15.5 Å². The zero-order chi connectivity index (χ0) is 17.3. The largest absolute Gasteiger partial charge is 0.485 e. The molecule has 2 aromatic rings. The molecule has 2 aliphatic rings. The van der Waals surface area contributed by atoms with Crippen molar-refractivity contribution in [2.45, 2.75) is 50.7 Å². The van der Waals surface area contributed by atoms with Gasteiger partial charge in [-0.15, -0.1) is 0 Å². The van der Waals surface area contributed by atoms with Gasteiger partial charge >= 0.3 is 0 Å². The highest BCUT2D eigenvalue weighted by Gasteiger charge is 2.42. The molecule has 1 aromatic carbocycles. The number of hydrogen-bond donors (Lipinski definition) is 1. The molecule has 1 aromatic heterocycles. The lowest BCUT2D eigenvalue weighted by molar-refractivity contribution is -0.133. The standard InChI is InChI=1S/C18H21N3O4/c1-12-19-17(21-25-12)18(9-5-2-6-10-18)20-16(22)15-11-23-13-7-3-4-8-14(13)24-15/h3-4,7-8,15H,2,5-6,9-11H2,1H3,(H,20,22). The zero-order valence-corrected chi connectivity index (χ0v) is 14.2. The minimum atomic E-state index is -0.693. The van der Waals surface area contributed by atoms with E-state index >= 15 is 0 Å². The van der Waals surface area contributed by atoms with Crippen molar-refractivity contribution in [3.63, 3.8) is 0 Å². The van der Waals surface area contributed by atoms with E-state index in [4.69, 9.17) is 14.0 Å². The number of aryl methyl sites for hydroxylation is 1. The zero-order valence-electron chi connectivity index (χ0n) is 14.2. The summed E-state index contributed by atoms with van der Waals surface area (Å²) in [4.78, 5) is 17.2. The van der Waals surface area contributed by atoms with Gasteiger partial charge in [-0.1, -0.05) is 36.6 Å². The second-order valence-electron chi connectivity index (χ2n) is 6.63. The van der Waals surface area contributed by atoms with Crippen LogP contribution in [-0.2, 0) is 10.3 Å². The maximum Gasteiger partial charge on any atom is 0.265 e. The van der Waals surface area contributed by atoms with Gasteiger partial charge in [-0.2, -0.15) is 4.98 Å². The van der Waals surface area contributed by atoms with Crippen molar-refractivity contribution in [2.24, 2.45) is 0 Å². The summed E-state index contributed by atoms with van der Waals surface area (Å²) in [5, 5.41) is 7.21. The van der Waals surface area contributed by atoms with E-state index in [9.17, 15) is 4.79 Å². The van der Waals surface area contributed by atoms with Crippen LogP contribution in [0.15, 0.2) is 28.8 Å². The molecule has 4 rings (SSSR count). The number of amides is 1. The van der Waals surface area contributed by atoms with Crippen LogP contribution in [0.25, 0.3) is 0 Å². The molecule has 0 spiro atoms. The van der Waals surface area contributed by atoms with Gasteiger partial charge in [-0.3, -0.25) is 4.79 Å². The first-order valence-corrected chi connectivity index (χ1v) is 8.68. The number of benzene rings is 1. The van der Waals surface area contributed by atoms with Gasteiger partial charge < -0.3 is 19.3 Å². The van der Waals surface area contributed by atoms with Gasteiger partial charge in [0.25, 0.3) is 5.91 Å². The first-order chi connectivity index (χ1) is 12.2. The number of nitrogens with zero attached hydrogens (tertiary/aromatic N) is 2. The average molecular weight is 343 g/mol. The van der Waals surface area contributed by atoms with Gasteiger partial charge in [0.15, 0.2) is 17.3 Å². The van der Waals surface area contributed by atoms with E-state index in [0.29, 0.717) is 23.2 Å². The lowest BCUT2D eigenvalue weighted by atomic mass is 9.80. The summed E-state index contributed by atoms with van der Waals surface area (Å²) >= 11 is 0. The van der Waals surface area contributed by atoms with E-state index in [0.717, 1.165) is 32.1 Å². The highest BCUT2D eigenvalue weighted by atomic mass is 16.6. The van der Waals surface area contributed by atoms with Crippen LogP contribution < -0.4 is 14.8 Å². The summed E-state index contributed by atoms with van der Waals surface area (Å²) < 4.78 is 16.6. The van der Waals surface area contributed by atoms with Crippen LogP contribution in [0.5, 0.6) is 11.5 Å². The topological polar surface area (TPSA) is 86.5 Å². The molecule has 1 atom stereocenters. The predicted octanol–water partition coefficient (Wildman–Crippen LogP) is 2.49. The Hall–Kier alpha value is -2.57. The normalized spacial score (nSPS) is 21.6. The molecule has 1 aliphatic carbocycles. The SMILES string of the molecule is Cc1nc(C2(NC(=O)C3COc4ccccc4O3)CCCCC2)no1. The summed E-state index contributed by atoms with van der Waals surface area (Å²) in [6.07, 6.45) is 4.06. The summed E-state index contributed by atoms with van der Waals surface area (Å²) in [6.45, 7) is 1.94. The second kappa shape index (κ2) is 6.38. The van der Waals surface area contributed by atoms with Gasteiger partial charge in [0.05, 0.1) is 0 Å². The highest BCUT2D eigenvalue weighted by Crippen LogP contribution is 2.36. The van der Waals surface area contributed by atoms with Crippen molar-refractivity contribution in [3.05, 3.63) is 36.0 Å². The fourth-order valence-corrected chi connectivity index (χ4v) is 3.52. The van der Waals surface area contributed by atoms with E-state index in [1.807, 2.05) is 18.2 Å². The summed E-state index contributed by atoms with van der Waals surface area (Å²) in [5.74, 6) is 2.09. The van der Waals surface area contributed by atoms with Gasteiger partial charge in [-0.05, 0) is 25.0 Å². The third-order valence-corrected chi connectivity index (χ3v) is 4.83. The van der Waals surface area contributed by atoms with Crippen LogP contribution >= 0.6 is 0 Å². The summed E-state index contributed by atoms with van der Waals surface area (Å²) in [6, 6.07) is 7.35. The van der Waals surface area contributed by atoms with Crippen molar-refractivity contribution >= 4 is 5.91 Å². The first-order valence-electron chi connectivity index (χ1n) is 8.68. The third-order valence-electron chi connectivity index (χ3n) is 4.83. The van der Waals surface area contributed by atoms with E-state index in [-0.39, 0.29) is 12.5 Å². The Kier molecular flexibility index (Phi) is 4.07. The van der Waals surface area contributed by atoms with Crippen LogP contribution in [0.2, 0.25) is 0 Å². The number of para-hydroxylation sites is 2. The fraction of sp³-hybridized carbons (Fsp3) is 0.500. The Balaban J connectivity index is 1.53. The molecule has 0 bridgehead atoms. The quantitative estimate of drug-likeness (QED) is 0.921. The summed E-state index contributed by atoms with van der Waals surface area (Å²) in [5.41, 5.74) is -0.590. The first kappa shape index (κ1) is 15.9. The van der Waals surface area contributed by atoms with E-state index in [1.165, 1.54) is 0 Å². The number of carbonyl (C=O) groups excluding carboxylic acids is 1. The Bertz CT molecular complexity index is 767. The third kappa shape index (κ3) is 3.06. The molecule has 7 heteroatoms. The molecule has 1 saturated carbocycles. The molecule has 132 valence electrons. The maximum absolute atomic E-state index is 12.9. The van der Waals surface area contributed by atoms with Gasteiger partial charge in [-0.25, -0.2) is 0 Å². The van der Waals surface area contributed by atoms with Crippen LogP contribution in [-0.4, -0.2) is 28.8 Å². The van der Waals surface area contributed by atoms with Crippen molar-refractivity contribution < 1.29 is 18.8 Å². The molecule has 0 radical (unpaired) electrons. The Morgan fingerprint density at radius 3 is 2.68 bits per heavy atom. The Morgan fingerprint density at radius 2 is 1.96 bits per heavy atom. The number of nitrogens with one attached hydrogen (secondary N) is 1. The lowest BCUT2D eigenvalue weighted by Gasteiger charge is -2.37. The molecule has 1 N–H and O–H groups in total. The van der Waals surface area contributed by atoms with Crippen LogP contribution in [0.3, 0.4) is 0 Å². The van der Waals surface area contributed by atoms with Crippen LogP contribution in [0.4, 0.5) is 0 Å². The molecular weight excluding hydrogens is 322 g/mol. The average Bonchev–Trinajstić information content (AvgIpc) is 3.09. The maximum atomic E-state index is 12.9. The van der Waals surface area contributed by atoms with Gasteiger partial charge in [0.2, 0.25) is 12.0 Å². The number of hydrogen-bond acceptors (Lipinski definition) is 6. The summed E-state index contributed by atoms with van der Waals surface area (Å²) in [7, 11) is 0. The monoisotopic (exact) mass is 343 g/mol. The van der Waals surface area contributed by atoms with Crippen LogP contribution in [0.1, 0.15) is 43.8 Å². The fourth-order valence-electron chi connectivity index (χ4n) is 3.52. The molecule has 25 heavy (non-hydrogen) atoms. The van der Waals surface area contributed by atoms with E-state index in [2.05, 4.69) is 15.5 Å². The molecule has 1 fully saturated rings. The predicted molar refractivity (Wildman–Crippen MR) is 88.3 cm³/mol. The van der Waals surface area contributed by atoms with E-state index < -0.39 is 11.6 Å².